The summed E-state index contributed by atoms with van der Waals surface area (Å²) < 4.78 is 25.9. The van der Waals surface area contributed by atoms with Crippen molar-refractivity contribution < 1.29 is 28.3 Å². The van der Waals surface area contributed by atoms with Crippen LogP contribution in [0, 0.1) is 11.8 Å². The molecule has 0 saturated carbocycles. The lowest BCUT2D eigenvalue weighted by Gasteiger charge is -2.24. The van der Waals surface area contributed by atoms with Crippen molar-refractivity contribution in [1.82, 2.24) is 0 Å². The second-order valence-electron chi connectivity index (χ2n) is 6.45. The molecular weight excluding hydrogens is 401 g/mol. The topological polar surface area (TPSA) is 111 Å². The van der Waals surface area contributed by atoms with Gasteiger partial charge >= 0.3 is 7.82 Å². The summed E-state index contributed by atoms with van der Waals surface area (Å²) in [7, 11) is -2.90. The van der Waals surface area contributed by atoms with Gasteiger partial charge in [-0.3, -0.25) is 4.52 Å². The molecule has 4 N–H and O–H groups in total. The first-order valence-corrected chi connectivity index (χ1v) is 10.8. The van der Waals surface area contributed by atoms with Crippen molar-refractivity contribution in [2.24, 2.45) is 5.73 Å². The Morgan fingerprint density at radius 1 is 1.18 bits per heavy atom. The van der Waals surface area contributed by atoms with E-state index in [4.69, 9.17) is 25.0 Å². The van der Waals surface area contributed by atoms with Crippen LogP contribution in [0.5, 0.6) is 11.5 Å². The maximum Gasteiger partial charge on any atom is 0.469 e. The van der Waals surface area contributed by atoms with Gasteiger partial charge in [-0.1, -0.05) is 11.8 Å². The number of aryl methyl sites for hydroxylation is 1. The number of hydrogen-bond donors (Lipinski definition) is 3. The highest BCUT2D eigenvalue weighted by Crippen LogP contribution is 2.37. The van der Waals surface area contributed by atoms with Gasteiger partial charge in [0.25, 0.3) is 0 Å². The van der Waals surface area contributed by atoms with Gasteiger partial charge in [-0.25, -0.2) is 4.57 Å². The number of phosphoric ester groups is 1. The highest BCUT2D eigenvalue weighted by Gasteiger charge is 2.24. The third-order valence-corrected chi connectivity index (χ3v) is 5.27. The molecule has 0 spiro atoms. The second-order valence-corrected chi connectivity index (χ2v) is 8.86. The highest BCUT2D eigenvalue weighted by molar-refractivity contribution is 7.46. The summed E-state index contributed by atoms with van der Waals surface area (Å²) in [4.78, 5) is 19.6. The molecule has 0 radical (unpaired) electrons. The fourth-order valence-electron chi connectivity index (χ4n) is 2.21. The van der Waals surface area contributed by atoms with Gasteiger partial charge in [0.15, 0.2) is 0 Å². The van der Waals surface area contributed by atoms with E-state index in [0.29, 0.717) is 12.8 Å². The average Bonchev–Trinajstić information content (AvgIpc) is 3.10. The number of phosphoric acid groups is 1. The van der Waals surface area contributed by atoms with Gasteiger partial charge in [-0.2, -0.15) is 0 Å². The van der Waals surface area contributed by atoms with Gasteiger partial charge < -0.3 is 25.0 Å². The number of ether oxygens (including phenoxy) is 2. The third-order valence-electron chi connectivity index (χ3n) is 3.75. The Balaban J connectivity index is 1.79. The van der Waals surface area contributed by atoms with Crippen molar-refractivity contribution in [2.45, 2.75) is 25.3 Å². The minimum atomic E-state index is -4.51. The van der Waals surface area contributed by atoms with E-state index in [9.17, 15) is 4.57 Å². The second kappa shape index (κ2) is 10.1. The Kier molecular flexibility index (Phi) is 8.08. The highest BCUT2D eigenvalue weighted by atomic mass is 32.1. The van der Waals surface area contributed by atoms with Crippen molar-refractivity contribution in [3.63, 3.8) is 0 Å². The lowest BCUT2D eigenvalue weighted by molar-refractivity contribution is 0.154. The normalized spacial score (nSPS) is 13.3. The summed E-state index contributed by atoms with van der Waals surface area (Å²) in [5.74, 6) is 7.53. The molecule has 0 fully saturated rings. The number of rotatable bonds is 9. The predicted molar refractivity (Wildman–Crippen MR) is 109 cm³/mol. The van der Waals surface area contributed by atoms with Crippen LogP contribution in [0.25, 0.3) is 0 Å². The Morgan fingerprint density at radius 3 is 2.50 bits per heavy atom. The fraction of sp³-hybridized carbons (Fsp3) is 0.368. The Hall–Kier alpha value is -1.85. The molecule has 28 heavy (non-hydrogen) atoms. The maximum atomic E-state index is 10.8. The molecule has 0 saturated heterocycles. The van der Waals surface area contributed by atoms with E-state index in [1.54, 1.807) is 25.4 Å². The van der Waals surface area contributed by atoms with Crippen LogP contribution in [0.1, 0.15) is 23.1 Å². The molecule has 0 aliphatic rings. The first-order valence-electron chi connectivity index (χ1n) is 8.50. The molecule has 1 aromatic carbocycles. The molecule has 0 aliphatic carbocycles. The van der Waals surface area contributed by atoms with E-state index < -0.39 is 13.4 Å². The molecular formula is C19H24NO6PS. The molecule has 7 nitrogen and oxygen atoms in total. The zero-order chi connectivity index (χ0) is 20.6. The predicted octanol–water partition coefficient (Wildman–Crippen LogP) is 2.95. The summed E-state index contributed by atoms with van der Waals surface area (Å²) in [6.07, 6.45) is 1.20. The largest absolute Gasteiger partial charge is 0.497 e. The number of hydrogen-bond acceptors (Lipinski definition) is 6. The van der Waals surface area contributed by atoms with Crippen LogP contribution in [0.3, 0.4) is 0 Å². The van der Waals surface area contributed by atoms with Crippen LogP contribution in [-0.2, 0) is 15.5 Å². The van der Waals surface area contributed by atoms with Crippen molar-refractivity contribution in [1.29, 1.82) is 0 Å². The summed E-state index contributed by atoms with van der Waals surface area (Å²) >= 11 is 1.55. The molecule has 9 heteroatoms. The van der Waals surface area contributed by atoms with Gasteiger partial charge in [-0.05, 0) is 56.2 Å². The minimum Gasteiger partial charge on any atom is -0.497 e. The number of thiophene rings is 1. The molecule has 1 aromatic heterocycles. The standard InChI is InChI=1S/C19H24NO6PS/c1-19(20,14-26-27(21,22)23)12-11-18-10-9-17(28-18)4-3-13-25-16-7-5-15(24-2)6-8-16/h5-10H,11-14,20H2,1-2H3,(H2,21,22,23). The Labute approximate surface area is 168 Å². The van der Waals surface area contributed by atoms with Gasteiger partial charge in [0.05, 0.1) is 18.6 Å². The van der Waals surface area contributed by atoms with E-state index in [2.05, 4.69) is 16.4 Å². The average molecular weight is 425 g/mol. The van der Waals surface area contributed by atoms with Crippen LogP contribution in [-0.4, -0.2) is 35.6 Å². The molecule has 0 amide bonds. The van der Waals surface area contributed by atoms with Crippen LogP contribution in [0.15, 0.2) is 36.4 Å². The van der Waals surface area contributed by atoms with Crippen molar-refractivity contribution in [3.05, 3.63) is 46.2 Å². The van der Waals surface area contributed by atoms with Gasteiger partial charge in [0.2, 0.25) is 0 Å². The Morgan fingerprint density at radius 2 is 1.86 bits per heavy atom. The van der Waals surface area contributed by atoms with Gasteiger partial charge in [0, 0.05) is 10.4 Å². The summed E-state index contributed by atoms with van der Waals surface area (Å²) in [5, 5.41) is 0. The van der Waals surface area contributed by atoms with Crippen molar-refractivity contribution in [2.75, 3.05) is 20.3 Å². The third kappa shape index (κ3) is 8.44. The number of nitrogens with two attached hydrogens (primary N) is 1. The van der Waals surface area contributed by atoms with Crippen LogP contribution < -0.4 is 15.2 Å². The molecule has 1 heterocycles. The summed E-state index contributed by atoms with van der Waals surface area (Å²) in [6, 6.07) is 11.2. The minimum absolute atomic E-state index is 0.210. The molecule has 0 bridgehead atoms. The first kappa shape index (κ1) is 22.4. The van der Waals surface area contributed by atoms with E-state index in [1.165, 1.54) is 0 Å². The van der Waals surface area contributed by atoms with E-state index >= 15 is 0 Å². The first-order chi connectivity index (χ1) is 13.2. The van der Waals surface area contributed by atoms with Crippen molar-refractivity contribution >= 4 is 19.2 Å². The van der Waals surface area contributed by atoms with Crippen LogP contribution in [0.2, 0.25) is 0 Å². The molecule has 2 rings (SSSR count). The summed E-state index contributed by atoms with van der Waals surface area (Å²) in [5.41, 5.74) is 5.20. The zero-order valence-electron chi connectivity index (χ0n) is 15.8. The molecule has 0 aliphatic heterocycles. The Bertz CT molecular complexity index is 863. The molecule has 152 valence electrons. The number of methoxy groups -OCH3 is 1. The molecule has 1 unspecified atom stereocenters. The van der Waals surface area contributed by atoms with Crippen molar-refractivity contribution in [3.8, 4) is 23.3 Å². The summed E-state index contributed by atoms with van der Waals surface area (Å²) in [6.45, 7) is 1.77. The quantitative estimate of drug-likeness (QED) is 0.418. The van der Waals surface area contributed by atoms with E-state index in [-0.39, 0.29) is 13.2 Å². The van der Waals surface area contributed by atoms with Gasteiger partial charge in [-0.15, -0.1) is 11.3 Å². The van der Waals surface area contributed by atoms with Gasteiger partial charge in [0.1, 0.15) is 18.1 Å². The van der Waals surface area contributed by atoms with Crippen LogP contribution in [0.4, 0.5) is 0 Å². The lowest BCUT2D eigenvalue weighted by atomic mass is 9.98. The smallest absolute Gasteiger partial charge is 0.469 e. The zero-order valence-corrected chi connectivity index (χ0v) is 17.5. The maximum absolute atomic E-state index is 10.8. The van der Waals surface area contributed by atoms with Crippen LogP contribution >= 0.6 is 19.2 Å². The fourth-order valence-corrected chi connectivity index (χ4v) is 3.55. The number of benzene rings is 1. The SMILES string of the molecule is COc1ccc(OCC#Cc2ccc(CCC(C)(N)COP(=O)(O)O)s2)cc1. The molecule has 1 atom stereocenters. The van der Waals surface area contributed by atoms with E-state index in [0.717, 1.165) is 21.3 Å². The van der Waals surface area contributed by atoms with E-state index in [1.807, 2.05) is 36.4 Å². The lowest BCUT2D eigenvalue weighted by Crippen LogP contribution is -2.41. The monoisotopic (exact) mass is 425 g/mol. The molecule has 2 aromatic rings.